The van der Waals surface area contributed by atoms with Gasteiger partial charge in [0, 0.05) is 6.07 Å². The molecule has 8 nitrogen and oxygen atoms in total. The number of carbonyl (C=O) groups is 2. The Labute approximate surface area is 126 Å². The van der Waals surface area contributed by atoms with Gasteiger partial charge in [0.2, 0.25) is 17.7 Å². The molecule has 8 heteroatoms. The number of ether oxygens (including phenoxy) is 2. The lowest BCUT2D eigenvalue weighted by Crippen LogP contribution is -2.32. The first kappa shape index (κ1) is 15.4. The van der Waals surface area contributed by atoms with Crippen molar-refractivity contribution in [1.29, 1.82) is 0 Å². The summed E-state index contributed by atoms with van der Waals surface area (Å²) in [6.07, 6.45) is 1.38. The second-order valence-electron chi connectivity index (χ2n) is 4.12. The highest BCUT2D eigenvalue weighted by molar-refractivity contribution is 5.98. The van der Waals surface area contributed by atoms with Crippen LogP contribution >= 0.6 is 0 Å². The van der Waals surface area contributed by atoms with Crippen LogP contribution in [0, 0.1) is 0 Å². The molecule has 0 aliphatic carbocycles. The quantitative estimate of drug-likeness (QED) is 0.827. The second kappa shape index (κ2) is 7.11. The third-order valence-electron chi connectivity index (χ3n) is 2.67. The molecule has 116 valence electrons. The van der Waals surface area contributed by atoms with Gasteiger partial charge in [0.15, 0.2) is 5.76 Å². The van der Waals surface area contributed by atoms with E-state index in [4.69, 9.17) is 13.9 Å². The molecule has 0 atom stereocenters. The van der Waals surface area contributed by atoms with Crippen LogP contribution < -0.4 is 20.1 Å². The number of nitrogens with zero attached hydrogens (tertiary/aromatic N) is 1. The van der Waals surface area contributed by atoms with Crippen molar-refractivity contribution in [3.8, 4) is 11.8 Å². The molecule has 0 fully saturated rings. The topological polar surface area (TPSA) is 103 Å². The predicted octanol–water partition coefficient (Wildman–Crippen LogP) is 1.06. The van der Waals surface area contributed by atoms with Gasteiger partial charge < -0.3 is 24.5 Å². The number of rotatable bonds is 6. The van der Waals surface area contributed by atoms with Crippen LogP contribution in [0.3, 0.4) is 0 Å². The number of hydrogen-bond donors (Lipinski definition) is 2. The average molecular weight is 305 g/mol. The summed E-state index contributed by atoms with van der Waals surface area (Å²) in [7, 11) is 2.90. The lowest BCUT2D eigenvalue weighted by Gasteiger charge is -2.10. The van der Waals surface area contributed by atoms with E-state index in [0.29, 0.717) is 11.6 Å². The highest BCUT2D eigenvalue weighted by Gasteiger charge is 2.13. The van der Waals surface area contributed by atoms with Crippen LogP contribution in [-0.4, -0.2) is 37.6 Å². The van der Waals surface area contributed by atoms with Crippen molar-refractivity contribution >= 4 is 17.5 Å². The van der Waals surface area contributed by atoms with Crippen molar-refractivity contribution in [2.75, 3.05) is 26.1 Å². The Morgan fingerprint density at radius 1 is 1.23 bits per heavy atom. The molecule has 0 bridgehead atoms. The molecule has 0 saturated carbocycles. The predicted molar refractivity (Wildman–Crippen MR) is 77.0 cm³/mol. The smallest absolute Gasteiger partial charge is 0.287 e. The molecule has 2 heterocycles. The Hall–Kier alpha value is -3.03. The molecule has 0 unspecified atom stereocenters. The average Bonchev–Trinajstić information content (AvgIpc) is 3.07. The first-order chi connectivity index (χ1) is 10.6. The second-order valence-corrected chi connectivity index (χ2v) is 4.12. The van der Waals surface area contributed by atoms with E-state index in [0.717, 1.165) is 0 Å². The molecular weight excluding hydrogens is 290 g/mol. The summed E-state index contributed by atoms with van der Waals surface area (Å²) >= 11 is 0. The van der Waals surface area contributed by atoms with E-state index in [9.17, 15) is 9.59 Å². The summed E-state index contributed by atoms with van der Waals surface area (Å²) in [6.45, 7) is -0.214. The summed E-state index contributed by atoms with van der Waals surface area (Å²) in [6, 6.07) is 6.27. The summed E-state index contributed by atoms with van der Waals surface area (Å²) in [5.41, 5.74) is 0.376. The van der Waals surface area contributed by atoms with E-state index in [2.05, 4.69) is 15.6 Å². The van der Waals surface area contributed by atoms with E-state index in [1.807, 2.05) is 0 Å². The zero-order chi connectivity index (χ0) is 15.9. The molecule has 2 aromatic rings. The van der Waals surface area contributed by atoms with E-state index >= 15 is 0 Å². The zero-order valence-electron chi connectivity index (χ0n) is 12.1. The number of furan rings is 1. The molecule has 0 saturated heterocycles. The third-order valence-corrected chi connectivity index (χ3v) is 2.67. The normalized spacial score (nSPS) is 9.91. The first-order valence-corrected chi connectivity index (χ1v) is 6.34. The standard InChI is InChI=1S/C14H15N3O5/c1-20-12-6-5-9(14(17-12)21-2)16-11(18)8-15-13(19)10-4-3-7-22-10/h3-7H,8H2,1-2H3,(H,15,19)(H,16,18). The lowest BCUT2D eigenvalue weighted by atomic mass is 10.3. The number of anilines is 1. The molecule has 2 aromatic heterocycles. The minimum absolute atomic E-state index is 0.136. The van der Waals surface area contributed by atoms with E-state index in [-0.39, 0.29) is 18.2 Å². The Morgan fingerprint density at radius 2 is 2.05 bits per heavy atom. The number of nitrogens with one attached hydrogen (secondary N) is 2. The Balaban J connectivity index is 1.93. The van der Waals surface area contributed by atoms with E-state index in [1.54, 1.807) is 18.2 Å². The van der Waals surface area contributed by atoms with E-state index in [1.165, 1.54) is 26.5 Å². The van der Waals surface area contributed by atoms with Gasteiger partial charge in [-0.3, -0.25) is 9.59 Å². The molecule has 2 N–H and O–H groups in total. The Kier molecular flexibility index (Phi) is 4.97. The minimum atomic E-state index is -0.472. The van der Waals surface area contributed by atoms with Crippen molar-refractivity contribution < 1.29 is 23.5 Å². The minimum Gasteiger partial charge on any atom is -0.481 e. The Morgan fingerprint density at radius 3 is 2.68 bits per heavy atom. The monoisotopic (exact) mass is 305 g/mol. The molecule has 22 heavy (non-hydrogen) atoms. The van der Waals surface area contributed by atoms with Gasteiger partial charge in [0.25, 0.3) is 5.91 Å². The van der Waals surface area contributed by atoms with Crippen LogP contribution in [0.4, 0.5) is 5.69 Å². The largest absolute Gasteiger partial charge is 0.481 e. The van der Waals surface area contributed by atoms with Crippen LogP contribution in [0.1, 0.15) is 10.6 Å². The van der Waals surface area contributed by atoms with Crippen LogP contribution in [0.25, 0.3) is 0 Å². The van der Waals surface area contributed by atoms with Crippen LogP contribution in [-0.2, 0) is 4.79 Å². The number of methoxy groups -OCH3 is 2. The van der Waals surface area contributed by atoms with Crippen LogP contribution in [0.2, 0.25) is 0 Å². The molecule has 0 aromatic carbocycles. The van der Waals surface area contributed by atoms with Crippen LogP contribution in [0.15, 0.2) is 34.9 Å². The fourth-order valence-corrected chi connectivity index (χ4v) is 1.64. The van der Waals surface area contributed by atoms with Gasteiger partial charge in [-0.2, -0.15) is 4.98 Å². The van der Waals surface area contributed by atoms with Gasteiger partial charge in [-0.05, 0) is 18.2 Å². The van der Waals surface area contributed by atoms with Gasteiger partial charge >= 0.3 is 0 Å². The molecule has 2 rings (SSSR count). The van der Waals surface area contributed by atoms with Crippen LogP contribution in [0.5, 0.6) is 11.8 Å². The number of amides is 2. The van der Waals surface area contributed by atoms with E-state index < -0.39 is 11.8 Å². The first-order valence-electron chi connectivity index (χ1n) is 6.34. The molecule has 0 radical (unpaired) electrons. The molecule has 2 amide bonds. The van der Waals surface area contributed by atoms with Crippen molar-refractivity contribution in [1.82, 2.24) is 10.3 Å². The number of pyridine rings is 1. The van der Waals surface area contributed by atoms with Crippen molar-refractivity contribution in [3.05, 3.63) is 36.3 Å². The number of hydrogen-bond acceptors (Lipinski definition) is 6. The fraction of sp³-hybridized carbons (Fsp3) is 0.214. The summed E-state index contributed by atoms with van der Waals surface area (Å²) in [5, 5.41) is 5.02. The maximum Gasteiger partial charge on any atom is 0.287 e. The highest BCUT2D eigenvalue weighted by atomic mass is 16.5. The van der Waals surface area contributed by atoms with Gasteiger partial charge in [-0.25, -0.2) is 0 Å². The summed E-state index contributed by atoms with van der Waals surface area (Å²) < 4.78 is 15.0. The van der Waals surface area contributed by atoms with Crippen molar-refractivity contribution in [2.45, 2.75) is 0 Å². The number of carbonyl (C=O) groups excluding carboxylic acids is 2. The van der Waals surface area contributed by atoms with Gasteiger partial charge in [0.05, 0.1) is 27.0 Å². The maximum absolute atomic E-state index is 11.8. The lowest BCUT2D eigenvalue weighted by molar-refractivity contribution is -0.115. The molecule has 0 spiro atoms. The summed E-state index contributed by atoms with van der Waals surface area (Å²) in [4.78, 5) is 27.5. The van der Waals surface area contributed by atoms with Gasteiger partial charge in [-0.1, -0.05) is 0 Å². The Bertz CT molecular complexity index is 655. The molecular formula is C14H15N3O5. The molecule has 0 aliphatic heterocycles. The fourth-order valence-electron chi connectivity index (χ4n) is 1.64. The summed E-state index contributed by atoms with van der Waals surface area (Å²) in [5.74, 6) is -0.187. The maximum atomic E-state index is 11.8. The number of aromatic nitrogens is 1. The third kappa shape index (κ3) is 3.75. The van der Waals surface area contributed by atoms with Crippen molar-refractivity contribution in [2.24, 2.45) is 0 Å². The van der Waals surface area contributed by atoms with Gasteiger partial charge in [0.1, 0.15) is 5.69 Å². The highest BCUT2D eigenvalue weighted by Crippen LogP contribution is 2.24. The van der Waals surface area contributed by atoms with Crippen molar-refractivity contribution in [3.63, 3.8) is 0 Å². The van der Waals surface area contributed by atoms with Gasteiger partial charge in [-0.15, -0.1) is 0 Å². The SMILES string of the molecule is COc1ccc(NC(=O)CNC(=O)c2ccco2)c(OC)n1. The zero-order valence-corrected chi connectivity index (χ0v) is 12.1. The molecule has 0 aliphatic rings.